The first-order valence-corrected chi connectivity index (χ1v) is 5.57. The van der Waals surface area contributed by atoms with E-state index in [2.05, 4.69) is 27.8 Å². The number of benzene rings is 1. The summed E-state index contributed by atoms with van der Waals surface area (Å²) in [5.41, 5.74) is 0.963. The van der Waals surface area contributed by atoms with E-state index in [1.165, 1.54) is 18.2 Å². The Morgan fingerprint density at radius 1 is 1.59 bits per heavy atom. The van der Waals surface area contributed by atoms with Gasteiger partial charge in [0.15, 0.2) is 0 Å². The van der Waals surface area contributed by atoms with Gasteiger partial charge in [-0.3, -0.25) is 14.9 Å². The van der Waals surface area contributed by atoms with E-state index in [1.54, 1.807) is 6.92 Å². The molecule has 1 aromatic rings. The summed E-state index contributed by atoms with van der Waals surface area (Å²) >= 11 is 3.13. The molecular formula is C11H11BrN2O3. The van der Waals surface area contributed by atoms with E-state index >= 15 is 0 Å². The normalized spacial score (nSPS) is 9.76. The lowest BCUT2D eigenvalue weighted by Gasteiger charge is -2.06. The second-order valence-corrected chi connectivity index (χ2v) is 4.58. The summed E-state index contributed by atoms with van der Waals surface area (Å²) in [7, 11) is 0. The average molecular weight is 299 g/mol. The van der Waals surface area contributed by atoms with Crippen LogP contribution in [0.5, 0.6) is 0 Å². The van der Waals surface area contributed by atoms with Crippen molar-refractivity contribution in [1.82, 2.24) is 5.32 Å². The predicted molar refractivity (Wildman–Crippen MR) is 68.2 cm³/mol. The van der Waals surface area contributed by atoms with Crippen molar-refractivity contribution < 1.29 is 9.72 Å². The van der Waals surface area contributed by atoms with Crippen molar-refractivity contribution >= 4 is 27.5 Å². The number of carbonyl (C=O) groups is 1. The summed E-state index contributed by atoms with van der Waals surface area (Å²) in [5.74, 6) is -0.280. The van der Waals surface area contributed by atoms with E-state index in [1.807, 2.05) is 0 Å². The molecule has 0 spiro atoms. The molecule has 1 amide bonds. The minimum Gasteiger partial charge on any atom is -0.347 e. The standard InChI is InChI=1S/C11H11BrN2O3/c1-7-5-9(14(16)17)3-4-10(7)11(15)13-6-8(2)12/h3-5H,2,6H2,1H3,(H,13,15). The maximum atomic E-state index is 11.7. The number of hydrogen-bond donors (Lipinski definition) is 1. The molecule has 1 rings (SSSR count). The highest BCUT2D eigenvalue weighted by molar-refractivity contribution is 9.11. The van der Waals surface area contributed by atoms with Crippen molar-refractivity contribution in [3.05, 3.63) is 50.5 Å². The van der Waals surface area contributed by atoms with Gasteiger partial charge in [0, 0.05) is 28.7 Å². The van der Waals surface area contributed by atoms with Gasteiger partial charge in [-0.05, 0) is 18.6 Å². The predicted octanol–water partition coefficient (Wildman–Crippen LogP) is 2.54. The van der Waals surface area contributed by atoms with Crippen molar-refractivity contribution in [3.63, 3.8) is 0 Å². The number of nitro groups is 1. The quantitative estimate of drug-likeness (QED) is 0.686. The number of hydrogen-bond acceptors (Lipinski definition) is 3. The van der Waals surface area contributed by atoms with Crippen LogP contribution in [0, 0.1) is 17.0 Å². The monoisotopic (exact) mass is 298 g/mol. The molecule has 5 nitrogen and oxygen atoms in total. The topological polar surface area (TPSA) is 72.2 Å². The first kappa shape index (κ1) is 13.4. The van der Waals surface area contributed by atoms with Gasteiger partial charge in [0.05, 0.1) is 4.92 Å². The van der Waals surface area contributed by atoms with E-state index in [0.717, 1.165) is 0 Å². The molecule has 6 heteroatoms. The fourth-order valence-electron chi connectivity index (χ4n) is 1.29. The fraction of sp³-hybridized carbons (Fsp3) is 0.182. The van der Waals surface area contributed by atoms with Crippen molar-refractivity contribution in [2.75, 3.05) is 6.54 Å². The molecule has 90 valence electrons. The Morgan fingerprint density at radius 2 is 2.24 bits per heavy atom. The van der Waals surface area contributed by atoms with Crippen molar-refractivity contribution in [1.29, 1.82) is 0 Å². The lowest BCUT2D eigenvalue weighted by molar-refractivity contribution is -0.384. The molecule has 0 saturated heterocycles. The molecule has 1 N–H and O–H groups in total. The largest absolute Gasteiger partial charge is 0.347 e. The van der Waals surface area contributed by atoms with Crippen LogP contribution in [0.3, 0.4) is 0 Å². The van der Waals surface area contributed by atoms with Crippen LogP contribution in [-0.2, 0) is 0 Å². The maximum absolute atomic E-state index is 11.7. The van der Waals surface area contributed by atoms with Crippen molar-refractivity contribution in [2.24, 2.45) is 0 Å². The first-order chi connectivity index (χ1) is 7.91. The van der Waals surface area contributed by atoms with Crippen LogP contribution >= 0.6 is 15.9 Å². The molecule has 17 heavy (non-hydrogen) atoms. The Morgan fingerprint density at radius 3 is 2.71 bits per heavy atom. The summed E-state index contributed by atoms with van der Waals surface area (Å²) in [6.07, 6.45) is 0. The molecule has 0 aliphatic heterocycles. The SMILES string of the molecule is C=C(Br)CNC(=O)c1ccc([N+](=O)[O-])cc1C. The van der Waals surface area contributed by atoms with Gasteiger partial charge >= 0.3 is 0 Å². The molecule has 0 fully saturated rings. The lowest BCUT2D eigenvalue weighted by Crippen LogP contribution is -2.25. The minimum absolute atomic E-state index is 0.0241. The number of non-ortho nitro benzene ring substituents is 1. The molecule has 0 heterocycles. The van der Waals surface area contributed by atoms with E-state index < -0.39 is 4.92 Å². The third-order valence-corrected chi connectivity index (χ3v) is 2.39. The zero-order chi connectivity index (χ0) is 13.0. The highest BCUT2D eigenvalue weighted by atomic mass is 79.9. The lowest BCUT2D eigenvalue weighted by atomic mass is 10.1. The van der Waals surface area contributed by atoms with Crippen LogP contribution in [0.15, 0.2) is 29.3 Å². The second kappa shape index (κ2) is 5.58. The molecule has 0 radical (unpaired) electrons. The summed E-state index contributed by atoms with van der Waals surface area (Å²) < 4.78 is 0.658. The fourth-order valence-corrected chi connectivity index (χ4v) is 1.43. The number of nitrogens with zero attached hydrogens (tertiary/aromatic N) is 1. The Labute approximate surface area is 107 Å². The third-order valence-electron chi connectivity index (χ3n) is 2.11. The van der Waals surface area contributed by atoms with Gasteiger partial charge in [-0.2, -0.15) is 0 Å². The molecule has 0 bridgehead atoms. The van der Waals surface area contributed by atoms with Crippen LogP contribution in [0.25, 0.3) is 0 Å². The summed E-state index contributed by atoms with van der Waals surface area (Å²) in [6, 6.07) is 4.13. The van der Waals surface area contributed by atoms with Crippen LogP contribution in [0.2, 0.25) is 0 Å². The van der Waals surface area contributed by atoms with Crippen molar-refractivity contribution in [3.8, 4) is 0 Å². The van der Waals surface area contributed by atoms with E-state index in [9.17, 15) is 14.9 Å². The minimum atomic E-state index is -0.491. The van der Waals surface area contributed by atoms with Crippen LogP contribution in [0.1, 0.15) is 15.9 Å². The third kappa shape index (κ3) is 3.67. The van der Waals surface area contributed by atoms with Gasteiger partial charge in [0.2, 0.25) is 0 Å². The maximum Gasteiger partial charge on any atom is 0.269 e. The van der Waals surface area contributed by atoms with E-state index in [0.29, 0.717) is 22.2 Å². The van der Waals surface area contributed by atoms with Crippen LogP contribution < -0.4 is 5.32 Å². The highest BCUT2D eigenvalue weighted by Gasteiger charge is 2.12. The van der Waals surface area contributed by atoms with Gasteiger partial charge in [0.1, 0.15) is 0 Å². The van der Waals surface area contributed by atoms with E-state index in [-0.39, 0.29) is 11.6 Å². The Hall–Kier alpha value is -1.69. The molecule has 0 saturated carbocycles. The molecule has 0 aromatic heterocycles. The number of halogens is 1. The Bertz CT molecular complexity index is 486. The number of nitro benzene ring substituents is 1. The molecule has 0 unspecified atom stereocenters. The van der Waals surface area contributed by atoms with E-state index in [4.69, 9.17) is 0 Å². The average Bonchev–Trinajstić information content (AvgIpc) is 2.25. The number of nitrogens with one attached hydrogen (secondary N) is 1. The molecule has 1 aromatic carbocycles. The number of aryl methyl sites for hydroxylation is 1. The Kier molecular flexibility index (Phi) is 4.39. The zero-order valence-electron chi connectivity index (χ0n) is 9.20. The summed E-state index contributed by atoms with van der Waals surface area (Å²) in [5, 5.41) is 13.2. The first-order valence-electron chi connectivity index (χ1n) is 4.78. The number of rotatable bonds is 4. The zero-order valence-corrected chi connectivity index (χ0v) is 10.8. The smallest absolute Gasteiger partial charge is 0.269 e. The van der Waals surface area contributed by atoms with Crippen molar-refractivity contribution in [2.45, 2.75) is 6.92 Å². The molecule has 0 atom stereocenters. The number of amides is 1. The molecule has 0 aliphatic carbocycles. The summed E-state index contributed by atoms with van der Waals surface area (Å²) in [6.45, 7) is 5.57. The Balaban J connectivity index is 2.88. The van der Waals surface area contributed by atoms with Gasteiger partial charge in [0.25, 0.3) is 11.6 Å². The van der Waals surface area contributed by atoms with Gasteiger partial charge in [-0.25, -0.2) is 0 Å². The molecule has 0 aliphatic rings. The van der Waals surface area contributed by atoms with Gasteiger partial charge in [-0.15, -0.1) is 0 Å². The number of carbonyl (C=O) groups excluding carboxylic acids is 1. The van der Waals surface area contributed by atoms with Gasteiger partial charge in [-0.1, -0.05) is 22.5 Å². The summed E-state index contributed by atoms with van der Waals surface area (Å²) in [4.78, 5) is 21.8. The second-order valence-electron chi connectivity index (χ2n) is 3.46. The van der Waals surface area contributed by atoms with Crippen LogP contribution in [0.4, 0.5) is 5.69 Å². The van der Waals surface area contributed by atoms with Crippen LogP contribution in [-0.4, -0.2) is 17.4 Å². The highest BCUT2D eigenvalue weighted by Crippen LogP contribution is 2.17. The van der Waals surface area contributed by atoms with Gasteiger partial charge < -0.3 is 5.32 Å². The molecular weight excluding hydrogens is 288 g/mol.